The maximum Gasteiger partial charge on any atom is 0.329 e. The van der Waals surface area contributed by atoms with E-state index in [1.165, 1.54) is 6.08 Å². The van der Waals surface area contributed by atoms with Gasteiger partial charge in [0.1, 0.15) is 18.8 Å². The van der Waals surface area contributed by atoms with Crippen LogP contribution in [0.25, 0.3) is 0 Å². The molecule has 0 atom stereocenters. The molecule has 0 spiro atoms. The summed E-state index contributed by atoms with van der Waals surface area (Å²) in [5, 5.41) is 2.14. The minimum absolute atomic E-state index is 0.0720. The lowest BCUT2D eigenvalue weighted by Gasteiger charge is -2.29. The van der Waals surface area contributed by atoms with Gasteiger partial charge in [0.15, 0.2) is 0 Å². The highest BCUT2D eigenvalue weighted by Gasteiger charge is 2.32. The Balaban J connectivity index is 2.45. The number of nitrogens with zero attached hydrogens (tertiary/aromatic N) is 1. The Morgan fingerprint density at radius 2 is 1.81 bits per heavy atom. The quantitative estimate of drug-likeness (QED) is 0.460. The van der Waals surface area contributed by atoms with Crippen LogP contribution in [0.1, 0.15) is 33.6 Å². The summed E-state index contributed by atoms with van der Waals surface area (Å²) in [6.45, 7) is 8.26. The molecule has 0 aliphatic carbocycles. The lowest BCUT2D eigenvalue weighted by Crippen LogP contribution is -2.51. The van der Waals surface area contributed by atoms with E-state index in [1.54, 1.807) is 20.8 Å². The van der Waals surface area contributed by atoms with Crippen LogP contribution in [0.5, 0.6) is 0 Å². The molecule has 1 fully saturated rings. The SMILES string of the molecule is C=CCOC(=O)C1CCN(S(=O)(=O)NC(=O)NCC(=O)OC(C)(C)C)CC1. The third-order valence-corrected chi connectivity index (χ3v) is 4.99. The van der Waals surface area contributed by atoms with E-state index in [0.29, 0.717) is 0 Å². The van der Waals surface area contributed by atoms with Gasteiger partial charge in [0.2, 0.25) is 0 Å². The van der Waals surface area contributed by atoms with Gasteiger partial charge in [0.05, 0.1) is 5.92 Å². The van der Waals surface area contributed by atoms with E-state index in [0.717, 1.165) is 4.31 Å². The molecule has 1 saturated heterocycles. The molecule has 1 rings (SSSR count). The molecule has 0 aromatic rings. The van der Waals surface area contributed by atoms with Crippen LogP contribution in [-0.2, 0) is 29.3 Å². The highest BCUT2D eigenvalue weighted by Crippen LogP contribution is 2.20. The standard InChI is InChI=1S/C16H27N3O7S/c1-5-10-25-14(21)12-6-8-19(9-7-12)27(23,24)18-15(22)17-11-13(20)26-16(2,3)4/h5,12H,1,6-11H2,2-4H3,(H2,17,18,22). The molecule has 0 saturated carbocycles. The predicted octanol–water partition coefficient (Wildman–Crippen LogP) is 0.313. The lowest BCUT2D eigenvalue weighted by atomic mass is 9.98. The molecule has 2 amide bonds. The van der Waals surface area contributed by atoms with E-state index in [9.17, 15) is 22.8 Å². The van der Waals surface area contributed by atoms with Gasteiger partial charge in [-0.15, -0.1) is 0 Å². The Labute approximate surface area is 159 Å². The number of ether oxygens (including phenoxy) is 2. The van der Waals surface area contributed by atoms with Crippen LogP contribution in [0.2, 0.25) is 0 Å². The van der Waals surface area contributed by atoms with Gasteiger partial charge in [-0.25, -0.2) is 9.52 Å². The van der Waals surface area contributed by atoms with Gasteiger partial charge in [0, 0.05) is 13.1 Å². The zero-order valence-corrected chi connectivity index (χ0v) is 16.6. The molecular formula is C16H27N3O7S. The van der Waals surface area contributed by atoms with E-state index in [2.05, 4.69) is 11.9 Å². The van der Waals surface area contributed by atoms with Crippen molar-refractivity contribution in [2.45, 2.75) is 39.2 Å². The highest BCUT2D eigenvalue weighted by atomic mass is 32.2. The number of rotatable bonds is 7. The first-order valence-corrected chi connectivity index (χ1v) is 9.93. The molecule has 1 heterocycles. The van der Waals surface area contributed by atoms with Crippen LogP contribution < -0.4 is 10.0 Å². The largest absolute Gasteiger partial charge is 0.461 e. The Hall–Kier alpha value is -2.14. The zero-order valence-electron chi connectivity index (χ0n) is 15.8. The van der Waals surface area contributed by atoms with Crippen LogP contribution in [0, 0.1) is 5.92 Å². The fourth-order valence-electron chi connectivity index (χ4n) is 2.34. The smallest absolute Gasteiger partial charge is 0.329 e. The Kier molecular flexibility index (Phi) is 8.22. The van der Waals surface area contributed by atoms with Crippen LogP contribution in [-0.4, -0.2) is 62.5 Å². The summed E-state index contributed by atoms with van der Waals surface area (Å²) in [4.78, 5) is 35.1. The zero-order chi connectivity index (χ0) is 20.7. The van der Waals surface area contributed by atoms with E-state index in [1.807, 2.05) is 4.72 Å². The van der Waals surface area contributed by atoms with Gasteiger partial charge in [-0.2, -0.15) is 12.7 Å². The fourth-order valence-corrected chi connectivity index (χ4v) is 3.47. The van der Waals surface area contributed by atoms with Gasteiger partial charge >= 0.3 is 28.2 Å². The van der Waals surface area contributed by atoms with Crippen molar-refractivity contribution in [3.63, 3.8) is 0 Å². The topological polar surface area (TPSA) is 131 Å². The van der Waals surface area contributed by atoms with Crippen LogP contribution in [0.15, 0.2) is 12.7 Å². The Morgan fingerprint density at radius 3 is 2.33 bits per heavy atom. The number of carbonyl (C=O) groups excluding carboxylic acids is 3. The summed E-state index contributed by atoms with van der Waals surface area (Å²) >= 11 is 0. The maximum atomic E-state index is 12.2. The first-order chi connectivity index (χ1) is 12.4. The van der Waals surface area contributed by atoms with Crippen molar-refractivity contribution in [2.24, 2.45) is 5.92 Å². The average Bonchev–Trinajstić information content (AvgIpc) is 2.56. The number of hydrogen-bond acceptors (Lipinski definition) is 7. The molecule has 27 heavy (non-hydrogen) atoms. The molecule has 0 radical (unpaired) electrons. The van der Waals surface area contributed by atoms with E-state index in [-0.39, 0.29) is 32.5 Å². The number of carbonyl (C=O) groups is 3. The molecular weight excluding hydrogens is 378 g/mol. The molecule has 154 valence electrons. The second kappa shape index (κ2) is 9.70. The normalized spacial score (nSPS) is 16.3. The predicted molar refractivity (Wildman–Crippen MR) is 96.8 cm³/mol. The molecule has 1 aliphatic heterocycles. The first-order valence-electron chi connectivity index (χ1n) is 8.49. The lowest BCUT2D eigenvalue weighted by molar-refractivity contribution is -0.153. The first kappa shape index (κ1) is 22.9. The van der Waals surface area contributed by atoms with Crippen molar-refractivity contribution < 1.29 is 32.3 Å². The monoisotopic (exact) mass is 405 g/mol. The molecule has 1 aliphatic rings. The summed E-state index contributed by atoms with van der Waals surface area (Å²) in [6.07, 6.45) is 2.03. The van der Waals surface area contributed by atoms with Crippen molar-refractivity contribution in [1.29, 1.82) is 0 Å². The summed E-state index contributed by atoms with van der Waals surface area (Å²) in [6, 6.07) is -1.03. The molecule has 0 aromatic carbocycles. The van der Waals surface area contributed by atoms with Gasteiger partial charge in [0.25, 0.3) is 0 Å². The van der Waals surface area contributed by atoms with Gasteiger partial charge in [-0.1, -0.05) is 12.7 Å². The summed E-state index contributed by atoms with van der Waals surface area (Å²) in [7, 11) is -4.08. The summed E-state index contributed by atoms with van der Waals surface area (Å²) < 4.78 is 37.3. The number of amides is 2. The fraction of sp³-hybridized carbons (Fsp3) is 0.688. The molecule has 0 bridgehead atoms. The second-order valence-electron chi connectivity index (χ2n) is 6.97. The number of esters is 2. The van der Waals surface area contributed by atoms with Gasteiger partial charge in [-0.3, -0.25) is 9.59 Å². The second-order valence-corrected chi connectivity index (χ2v) is 8.64. The van der Waals surface area contributed by atoms with Crippen molar-refractivity contribution in [3.05, 3.63) is 12.7 Å². The van der Waals surface area contributed by atoms with E-state index < -0.39 is 46.2 Å². The Bertz CT molecular complexity index is 662. The number of piperidine rings is 1. The maximum absolute atomic E-state index is 12.2. The van der Waals surface area contributed by atoms with E-state index in [4.69, 9.17) is 9.47 Å². The van der Waals surface area contributed by atoms with Crippen LogP contribution in [0.4, 0.5) is 4.79 Å². The number of urea groups is 1. The molecule has 11 heteroatoms. The third kappa shape index (κ3) is 8.39. The van der Waals surface area contributed by atoms with E-state index >= 15 is 0 Å². The van der Waals surface area contributed by atoms with Gasteiger partial charge in [-0.05, 0) is 33.6 Å². The van der Waals surface area contributed by atoms with Crippen molar-refractivity contribution in [2.75, 3.05) is 26.2 Å². The number of nitrogens with one attached hydrogen (secondary N) is 2. The molecule has 0 unspecified atom stereocenters. The number of hydrogen-bond donors (Lipinski definition) is 2. The highest BCUT2D eigenvalue weighted by molar-refractivity contribution is 7.87. The average molecular weight is 405 g/mol. The van der Waals surface area contributed by atoms with Crippen molar-refractivity contribution in [1.82, 2.24) is 14.3 Å². The van der Waals surface area contributed by atoms with Crippen LogP contribution >= 0.6 is 0 Å². The minimum atomic E-state index is -4.08. The summed E-state index contributed by atoms with van der Waals surface area (Å²) in [5.41, 5.74) is -0.710. The Morgan fingerprint density at radius 1 is 1.22 bits per heavy atom. The molecule has 0 aromatic heterocycles. The van der Waals surface area contributed by atoms with Gasteiger partial charge < -0.3 is 14.8 Å². The summed E-state index contributed by atoms with van der Waals surface area (Å²) in [5.74, 6) is -1.47. The van der Waals surface area contributed by atoms with Crippen molar-refractivity contribution >= 4 is 28.2 Å². The minimum Gasteiger partial charge on any atom is -0.461 e. The van der Waals surface area contributed by atoms with Crippen LogP contribution in [0.3, 0.4) is 0 Å². The molecule has 2 N–H and O–H groups in total. The van der Waals surface area contributed by atoms with Crippen molar-refractivity contribution in [3.8, 4) is 0 Å². The molecule has 10 nitrogen and oxygen atoms in total. The third-order valence-electron chi connectivity index (χ3n) is 3.51.